The number of nitriles is 1. The van der Waals surface area contributed by atoms with Crippen molar-refractivity contribution in [3.05, 3.63) is 81.2 Å². The molecule has 1 amide bonds. The number of benzene rings is 2. The number of carbonyl (C=O) groups is 2. The van der Waals surface area contributed by atoms with Gasteiger partial charge in [-0.2, -0.15) is 5.26 Å². The maximum Gasteiger partial charge on any atom is 0.335 e. The Balaban J connectivity index is 1.72. The number of nitrogens with zero attached hydrogens (tertiary/aromatic N) is 2. The zero-order valence-electron chi connectivity index (χ0n) is 19.5. The first-order valence-corrected chi connectivity index (χ1v) is 11.8. The van der Waals surface area contributed by atoms with E-state index < -0.39 is 17.6 Å². The Bertz CT molecular complexity index is 1400. The largest absolute Gasteiger partial charge is 0.495 e. The molecule has 184 valence electrons. The molecule has 36 heavy (non-hydrogen) atoms. The second-order valence-electron chi connectivity index (χ2n) is 8.72. The summed E-state index contributed by atoms with van der Waals surface area (Å²) in [6, 6.07) is 13.3. The molecule has 0 saturated heterocycles. The van der Waals surface area contributed by atoms with Crippen LogP contribution in [0.4, 0.5) is 5.69 Å². The van der Waals surface area contributed by atoms with Crippen LogP contribution in [0.5, 0.6) is 5.75 Å². The molecule has 1 heterocycles. The van der Waals surface area contributed by atoms with Crippen molar-refractivity contribution >= 4 is 29.2 Å². The molecule has 3 aromatic rings. The van der Waals surface area contributed by atoms with Crippen molar-refractivity contribution in [3.8, 4) is 22.9 Å². The third kappa shape index (κ3) is 5.26. The third-order valence-electron chi connectivity index (χ3n) is 6.48. The SMILES string of the molecule is COc1cn([C@@H](CC2CCC2)C(=O)Nc2ccc(C(=O)O)cc2)c(=O)cc1-c1cc(Cl)ccc1C#N. The molecule has 2 N–H and O–H groups in total. The van der Waals surface area contributed by atoms with Crippen molar-refractivity contribution in [1.82, 2.24) is 4.57 Å². The molecule has 1 atom stereocenters. The van der Waals surface area contributed by atoms with E-state index in [-0.39, 0.29) is 11.5 Å². The summed E-state index contributed by atoms with van der Waals surface area (Å²) < 4.78 is 6.92. The number of carboxylic acid groups (broad SMARTS) is 1. The van der Waals surface area contributed by atoms with Crippen LogP contribution in [0, 0.1) is 17.2 Å². The lowest BCUT2D eigenvalue weighted by molar-refractivity contribution is -0.120. The third-order valence-corrected chi connectivity index (χ3v) is 6.71. The Morgan fingerprint density at radius 3 is 2.50 bits per heavy atom. The van der Waals surface area contributed by atoms with Gasteiger partial charge >= 0.3 is 5.97 Å². The zero-order chi connectivity index (χ0) is 25.8. The van der Waals surface area contributed by atoms with Gasteiger partial charge in [-0.25, -0.2) is 4.79 Å². The molecule has 8 nitrogen and oxygen atoms in total. The van der Waals surface area contributed by atoms with Gasteiger partial charge in [0.25, 0.3) is 5.56 Å². The summed E-state index contributed by atoms with van der Waals surface area (Å²) >= 11 is 6.15. The van der Waals surface area contributed by atoms with E-state index in [9.17, 15) is 19.6 Å². The number of carbonyl (C=O) groups excluding carboxylic acids is 1. The number of methoxy groups -OCH3 is 1. The summed E-state index contributed by atoms with van der Waals surface area (Å²) in [4.78, 5) is 37.8. The van der Waals surface area contributed by atoms with Crippen LogP contribution in [0.25, 0.3) is 11.1 Å². The van der Waals surface area contributed by atoms with Gasteiger partial charge in [0.1, 0.15) is 11.8 Å². The smallest absolute Gasteiger partial charge is 0.335 e. The highest BCUT2D eigenvalue weighted by atomic mass is 35.5. The van der Waals surface area contributed by atoms with Crippen molar-refractivity contribution < 1.29 is 19.4 Å². The summed E-state index contributed by atoms with van der Waals surface area (Å²) in [5.41, 5.74) is 1.32. The molecule has 2 aromatic carbocycles. The van der Waals surface area contributed by atoms with Crippen LogP contribution in [0.3, 0.4) is 0 Å². The highest BCUT2D eigenvalue weighted by Gasteiger charge is 2.30. The standard InChI is InChI=1S/C27H24ClN3O5/c1-36-24-15-31(25(32)13-22(24)21-12-19(28)8-5-18(21)14-29)23(11-16-3-2-4-16)26(33)30-20-9-6-17(7-10-20)27(34)35/h5-10,12-13,15-16,23H,2-4,11H2,1H3,(H,30,33)(H,34,35)/t23-/m0/s1. The Morgan fingerprint density at radius 2 is 1.92 bits per heavy atom. The van der Waals surface area contributed by atoms with Gasteiger partial charge in [0.15, 0.2) is 0 Å². The van der Waals surface area contributed by atoms with Crippen molar-refractivity contribution in [2.45, 2.75) is 31.7 Å². The minimum absolute atomic E-state index is 0.105. The van der Waals surface area contributed by atoms with Gasteiger partial charge in [-0.05, 0) is 54.8 Å². The van der Waals surface area contributed by atoms with Crippen LogP contribution in [0.1, 0.15) is 47.6 Å². The molecule has 4 rings (SSSR count). The van der Waals surface area contributed by atoms with Crippen molar-refractivity contribution in [1.29, 1.82) is 5.26 Å². The molecular weight excluding hydrogens is 482 g/mol. The summed E-state index contributed by atoms with van der Waals surface area (Å²) in [6.07, 6.45) is 5.01. The number of carboxylic acids is 1. The number of nitrogens with one attached hydrogen (secondary N) is 1. The Morgan fingerprint density at radius 1 is 1.19 bits per heavy atom. The lowest BCUT2D eigenvalue weighted by Gasteiger charge is -2.30. The number of amides is 1. The Labute approximate surface area is 212 Å². The van der Waals surface area contributed by atoms with Gasteiger partial charge in [0.2, 0.25) is 5.91 Å². The fourth-order valence-electron chi connectivity index (χ4n) is 4.30. The summed E-state index contributed by atoms with van der Waals surface area (Å²) in [5, 5.41) is 21.8. The topological polar surface area (TPSA) is 121 Å². The quantitative estimate of drug-likeness (QED) is 0.438. The first-order valence-electron chi connectivity index (χ1n) is 11.4. The van der Waals surface area contributed by atoms with Gasteiger partial charge < -0.3 is 15.2 Å². The zero-order valence-corrected chi connectivity index (χ0v) is 20.3. The van der Waals surface area contributed by atoms with Crippen molar-refractivity contribution in [2.24, 2.45) is 5.92 Å². The molecule has 1 aliphatic rings. The van der Waals surface area contributed by atoms with E-state index in [0.717, 1.165) is 19.3 Å². The number of anilines is 1. The fraction of sp³-hybridized carbons (Fsp3) is 0.259. The summed E-state index contributed by atoms with van der Waals surface area (Å²) in [5.74, 6) is -0.813. The molecule has 1 aromatic heterocycles. The number of rotatable bonds is 8. The second kappa shape index (κ2) is 10.7. The number of hydrogen-bond donors (Lipinski definition) is 2. The van der Waals surface area contributed by atoms with Crippen molar-refractivity contribution in [2.75, 3.05) is 12.4 Å². The number of pyridine rings is 1. The number of halogens is 1. The molecule has 1 saturated carbocycles. The van der Waals surface area contributed by atoms with Crippen LogP contribution >= 0.6 is 11.6 Å². The van der Waals surface area contributed by atoms with Gasteiger partial charge in [-0.1, -0.05) is 30.9 Å². The van der Waals surface area contributed by atoms with E-state index in [4.69, 9.17) is 21.4 Å². The van der Waals surface area contributed by atoms with E-state index >= 15 is 0 Å². The van der Waals surface area contributed by atoms with Crippen LogP contribution in [0.2, 0.25) is 5.02 Å². The van der Waals surface area contributed by atoms with Crippen LogP contribution in [0.15, 0.2) is 59.5 Å². The first kappa shape index (κ1) is 25.0. The normalized spacial score (nSPS) is 13.8. The molecule has 0 bridgehead atoms. The highest BCUT2D eigenvalue weighted by molar-refractivity contribution is 6.31. The predicted molar refractivity (Wildman–Crippen MR) is 135 cm³/mol. The molecule has 0 aliphatic heterocycles. The lowest BCUT2D eigenvalue weighted by atomic mass is 9.80. The minimum atomic E-state index is -1.06. The second-order valence-corrected chi connectivity index (χ2v) is 9.16. The Hall–Kier alpha value is -4.09. The minimum Gasteiger partial charge on any atom is -0.495 e. The van der Waals surface area contributed by atoms with E-state index in [1.165, 1.54) is 48.2 Å². The molecule has 1 fully saturated rings. The van der Waals surface area contributed by atoms with E-state index in [1.54, 1.807) is 18.2 Å². The molecule has 9 heteroatoms. The number of aromatic nitrogens is 1. The van der Waals surface area contributed by atoms with Crippen LogP contribution in [-0.2, 0) is 4.79 Å². The van der Waals surface area contributed by atoms with Crippen LogP contribution in [-0.4, -0.2) is 28.7 Å². The molecular formula is C27H24ClN3O5. The fourth-order valence-corrected chi connectivity index (χ4v) is 4.47. The molecule has 0 unspecified atom stereocenters. The summed E-state index contributed by atoms with van der Waals surface area (Å²) in [7, 11) is 1.45. The number of ether oxygens (including phenoxy) is 1. The van der Waals surface area contributed by atoms with Crippen LogP contribution < -0.4 is 15.6 Å². The summed E-state index contributed by atoms with van der Waals surface area (Å²) in [6.45, 7) is 0. The highest BCUT2D eigenvalue weighted by Crippen LogP contribution is 2.36. The monoisotopic (exact) mass is 505 g/mol. The van der Waals surface area contributed by atoms with Gasteiger partial charge in [0, 0.05) is 27.9 Å². The molecule has 0 radical (unpaired) electrons. The number of aromatic carboxylic acids is 1. The van der Waals surface area contributed by atoms with E-state index in [0.29, 0.717) is 45.5 Å². The van der Waals surface area contributed by atoms with E-state index in [2.05, 4.69) is 11.4 Å². The lowest BCUT2D eigenvalue weighted by Crippen LogP contribution is -2.35. The predicted octanol–water partition coefficient (Wildman–Crippen LogP) is 5.12. The maximum absolute atomic E-state index is 13.4. The van der Waals surface area contributed by atoms with Gasteiger partial charge in [0.05, 0.1) is 30.5 Å². The number of hydrogen-bond acceptors (Lipinski definition) is 5. The molecule has 1 aliphatic carbocycles. The van der Waals surface area contributed by atoms with Gasteiger partial charge in [-0.15, -0.1) is 0 Å². The Kier molecular flexibility index (Phi) is 7.41. The average Bonchev–Trinajstić information content (AvgIpc) is 2.84. The first-order chi connectivity index (χ1) is 17.3. The van der Waals surface area contributed by atoms with Crippen molar-refractivity contribution in [3.63, 3.8) is 0 Å². The molecule has 0 spiro atoms. The van der Waals surface area contributed by atoms with Gasteiger partial charge in [-0.3, -0.25) is 14.2 Å². The maximum atomic E-state index is 13.4. The average molecular weight is 506 g/mol. The van der Waals surface area contributed by atoms with E-state index in [1.807, 2.05) is 0 Å².